The highest BCUT2D eigenvalue weighted by atomic mass is 16.5. The van der Waals surface area contributed by atoms with Crippen molar-refractivity contribution in [3.8, 4) is 0 Å². The van der Waals surface area contributed by atoms with Crippen molar-refractivity contribution in [2.24, 2.45) is 0 Å². The molecule has 20 heavy (non-hydrogen) atoms. The third-order valence-corrected chi connectivity index (χ3v) is 2.89. The van der Waals surface area contributed by atoms with E-state index in [1.165, 1.54) is 0 Å². The van der Waals surface area contributed by atoms with Crippen LogP contribution >= 0.6 is 0 Å². The molecule has 0 unspecified atom stereocenters. The molecular formula is C16H17NO3. The van der Waals surface area contributed by atoms with Crippen LogP contribution in [0, 0.1) is 0 Å². The van der Waals surface area contributed by atoms with Crippen LogP contribution in [0.1, 0.15) is 21.5 Å². The summed E-state index contributed by atoms with van der Waals surface area (Å²) in [6, 6.07) is 14.4. The average molecular weight is 271 g/mol. The van der Waals surface area contributed by atoms with Crippen molar-refractivity contribution < 1.29 is 14.6 Å². The molecule has 0 aliphatic carbocycles. The van der Waals surface area contributed by atoms with E-state index in [9.17, 15) is 4.79 Å². The summed E-state index contributed by atoms with van der Waals surface area (Å²) in [6.07, 6.45) is 0. The fourth-order valence-corrected chi connectivity index (χ4v) is 1.87. The van der Waals surface area contributed by atoms with E-state index in [1.54, 1.807) is 43.5 Å². The predicted octanol–water partition coefficient (Wildman–Crippen LogP) is 2.58. The Balaban J connectivity index is 2.08. The number of carbonyl (C=O) groups excluding carboxylic acids is 1. The lowest BCUT2D eigenvalue weighted by Gasteiger charge is -2.07. The van der Waals surface area contributed by atoms with Crippen LogP contribution in [0.25, 0.3) is 0 Å². The van der Waals surface area contributed by atoms with Gasteiger partial charge in [-0.15, -0.1) is 0 Å². The Morgan fingerprint density at radius 1 is 1.15 bits per heavy atom. The van der Waals surface area contributed by atoms with Gasteiger partial charge in [-0.2, -0.15) is 0 Å². The summed E-state index contributed by atoms with van der Waals surface area (Å²) in [4.78, 5) is 12.1. The Labute approximate surface area is 118 Å². The summed E-state index contributed by atoms with van der Waals surface area (Å²) < 4.78 is 5.05. The number of carbonyl (C=O) groups is 1. The number of hydrogen-bond donors (Lipinski definition) is 2. The molecule has 1 amide bonds. The van der Waals surface area contributed by atoms with E-state index in [2.05, 4.69) is 5.32 Å². The molecule has 0 heterocycles. The third-order valence-electron chi connectivity index (χ3n) is 2.89. The first-order chi connectivity index (χ1) is 9.72. The van der Waals surface area contributed by atoms with Gasteiger partial charge in [0.1, 0.15) is 0 Å². The van der Waals surface area contributed by atoms with Crippen LogP contribution in [0.3, 0.4) is 0 Å². The molecule has 104 valence electrons. The first-order valence-electron chi connectivity index (χ1n) is 6.32. The van der Waals surface area contributed by atoms with E-state index in [0.29, 0.717) is 17.9 Å². The van der Waals surface area contributed by atoms with E-state index in [4.69, 9.17) is 9.84 Å². The van der Waals surface area contributed by atoms with Gasteiger partial charge in [-0.05, 0) is 35.4 Å². The van der Waals surface area contributed by atoms with Gasteiger partial charge in [-0.3, -0.25) is 4.79 Å². The molecule has 4 heteroatoms. The van der Waals surface area contributed by atoms with E-state index in [0.717, 1.165) is 11.1 Å². The molecule has 0 bridgehead atoms. The Bertz CT molecular complexity index is 579. The van der Waals surface area contributed by atoms with Crippen molar-refractivity contribution >= 4 is 11.6 Å². The number of methoxy groups -OCH3 is 1. The van der Waals surface area contributed by atoms with Crippen molar-refractivity contribution in [2.75, 3.05) is 12.4 Å². The number of amides is 1. The number of aliphatic hydroxyl groups is 1. The van der Waals surface area contributed by atoms with Gasteiger partial charge in [0.2, 0.25) is 0 Å². The van der Waals surface area contributed by atoms with E-state index in [-0.39, 0.29) is 12.5 Å². The summed E-state index contributed by atoms with van der Waals surface area (Å²) in [5.41, 5.74) is 3.05. The zero-order valence-corrected chi connectivity index (χ0v) is 11.3. The standard InChI is InChI=1S/C16H17NO3/c1-20-11-13-3-2-4-14(9-13)16(19)17-15-7-5-12(10-18)6-8-15/h2-9,18H,10-11H2,1H3,(H,17,19). The lowest BCUT2D eigenvalue weighted by Crippen LogP contribution is -2.12. The smallest absolute Gasteiger partial charge is 0.255 e. The number of hydrogen-bond acceptors (Lipinski definition) is 3. The molecule has 2 N–H and O–H groups in total. The SMILES string of the molecule is COCc1cccc(C(=O)Nc2ccc(CO)cc2)c1. The maximum absolute atomic E-state index is 12.1. The van der Waals surface area contributed by atoms with Crippen molar-refractivity contribution in [3.63, 3.8) is 0 Å². The maximum Gasteiger partial charge on any atom is 0.255 e. The Kier molecular flexibility index (Phi) is 4.87. The van der Waals surface area contributed by atoms with Gasteiger partial charge in [0, 0.05) is 18.4 Å². The van der Waals surface area contributed by atoms with E-state index in [1.807, 2.05) is 12.1 Å². The minimum absolute atomic E-state index is 0.00666. The molecule has 0 spiro atoms. The fourth-order valence-electron chi connectivity index (χ4n) is 1.87. The molecule has 4 nitrogen and oxygen atoms in total. The summed E-state index contributed by atoms with van der Waals surface area (Å²) in [5, 5.41) is 11.8. The van der Waals surface area contributed by atoms with Crippen molar-refractivity contribution in [3.05, 3.63) is 65.2 Å². The second-order valence-corrected chi connectivity index (χ2v) is 4.44. The second-order valence-electron chi connectivity index (χ2n) is 4.44. The predicted molar refractivity (Wildman–Crippen MR) is 77.5 cm³/mol. The van der Waals surface area contributed by atoms with Crippen LogP contribution in [-0.2, 0) is 18.0 Å². The van der Waals surface area contributed by atoms with Crippen molar-refractivity contribution in [1.82, 2.24) is 0 Å². The molecule has 0 atom stereocenters. The summed E-state index contributed by atoms with van der Waals surface area (Å²) in [6.45, 7) is 0.472. The molecule has 2 aromatic rings. The molecule has 0 saturated heterocycles. The molecule has 0 saturated carbocycles. The van der Waals surface area contributed by atoms with Gasteiger partial charge >= 0.3 is 0 Å². The number of anilines is 1. The Hall–Kier alpha value is -2.17. The van der Waals surface area contributed by atoms with E-state index < -0.39 is 0 Å². The van der Waals surface area contributed by atoms with Crippen LogP contribution in [0.15, 0.2) is 48.5 Å². The van der Waals surface area contributed by atoms with E-state index >= 15 is 0 Å². The lowest BCUT2D eigenvalue weighted by atomic mass is 10.1. The van der Waals surface area contributed by atoms with Crippen LogP contribution in [0.4, 0.5) is 5.69 Å². The Morgan fingerprint density at radius 3 is 2.55 bits per heavy atom. The van der Waals surface area contributed by atoms with Crippen LogP contribution in [0.2, 0.25) is 0 Å². The molecule has 0 radical (unpaired) electrons. The van der Waals surface area contributed by atoms with Crippen LogP contribution in [0.5, 0.6) is 0 Å². The van der Waals surface area contributed by atoms with Crippen LogP contribution < -0.4 is 5.32 Å². The van der Waals surface area contributed by atoms with Gasteiger partial charge in [0.05, 0.1) is 13.2 Å². The largest absolute Gasteiger partial charge is 0.392 e. The summed E-state index contributed by atoms with van der Waals surface area (Å²) >= 11 is 0. The molecule has 0 aliphatic rings. The molecule has 0 fully saturated rings. The first kappa shape index (κ1) is 14.2. The lowest BCUT2D eigenvalue weighted by molar-refractivity contribution is 0.102. The van der Waals surface area contributed by atoms with Gasteiger partial charge in [0.25, 0.3) is 5.91 Å². The van der Waals surface area contributed by atoms with Gasteiger partial charge in [0.15, 0.2) is 0 Å². The molecule has 0 aromatic heterocycles. The number of rotatable bonds is 5. The number of benzene rings is 2. The van der Waals surface area contributed by atoms with Gasteiger partial charge < -0.3 is 15.2 Å². The highest BCUT2D eigenvalue weighted by Gasteiger charge is 2.06. The minimum Gasteiger partial charge on any atom is -0.392 e. The van der Waals surface area contributed by atoms with Gasteiger partial charge in [-0.1, -0.05) is 24.3 Å². The molecule has 2 aromatic carbocycles. The molecule has 0 aliphatic heterocycles. The highest BCUT2D eigenvalue weighted by molar-refractivity contribution is 6.04. The zero-order valence-electron chi connectivity index (χ0n) is 11.3. The Morgan fingerprint density at radius 2 is 1.90 bits per heavy atom. The summed E-state index contributed by atoms with van der Waals surface area (Å²) in [5.74, 6) is -0.167. The van der Waals surface area contributed by atoms with Crippen LogP contribution in [-0.4, -0.2) is 18.1 Å². The topological polar surface area (TPSA) is 58.6 Å². The molecular weight excluding hydrogens is 254 g/mol. The second kappa shape index (κ2) is 6.84. The zero-order chi connectivity index (χ0) is 14.4. The quantitative estimate of drug-likeness (QED) is 0.878. The van der Waals surface area contributed by atoms with Crippen molar-refractivity contribution in [2.45, 2.75) is 13.2 Å². The number of ether oxygens (including phenoxy) is 1. The van der Waals surface area contributed by atoms with Gasteiger partial charge in [-0.25, -0.2) is 0 Å². The molecule has 2 rings (SSSR count). The maximum atomic E-state index is 12.1. The highest BCUT2D eigenvalue weighted by Crippen LogP contribution is 2.12. The minimum atomic E-state index is -0.167. The number of nitrogens with one attached hydrogen (secondary N) is 1. The third kappa shape index (κ3) is 3.66. The first-order valence-corrected chi connectivity index (χ1v) is 6.32. The monoisotopic (exact) mass is 271 g/mol. The fraction of sp³-hybridized carbons (Fsp3) is 0.188. The average Bonchev–Trinajstić information content (AvgIpc) is 2.48. The van der Waals surface area contributed by atoms with Crippen molar-refractivity contribution in [1.29, 1.82) is 0 Å². The summed E-state index contributed by atoms with van der Waals surface area (Å²) in [7, 11) is 1.62. The number of aliphatic hydroxyl groups excluding tert-OH is 1. The normalized spacial score (nSPS) is 10.3.